The predicted octanol–water partition coefficient (Wildman–Crippen LogP) is 4.27. The van der Waals surface area contributed by atoms with E-state index < -0.39 is 29.3 Å². The molecule has 0 N–H and O–H groups in total. The zero-order valence-electron chi connectivity index (χ0n) is 17.5. The molecular weight excluding hydrogens is 384 g/mol. The molecule has 0 saturated heterocycles. The number of carbonyl (C=O) groups excluding carboxylic acids is 2. The molecule has 0 saturated carbocycles. The van der Waals surface area contributed by atoms with Gasteiger partial charge in [0.2, 0.25) is 0 Å². The molecule has 154 valence electrons. The van der Waals surface area contributed by atoms with Gasteiger partial charge in [-0.25, -0.2) is 19.1 Å². The first-order valence-electron chi connectivity index (χ1n) is 8.93. The maximum atomic E-state index is 12.8. The van der Waals surface area contributed by atoms with E-state index in [-0.39, 0.29) is 10.7 Å². The monoisotopic (exact) mass is 410 g/mol. The summed E-state index contributed by atoms with van der Waals surface area (Å²) in [5, 5.41) is 4.45. The Hall–Kier alpha value is -2.35. The number of rotatable bonds is 3. The lowest BCUT2D eigenvalue weighted by atomic mass is 10.1. The molecule has 0 aromatic carbocycles. The third kappa shape index (κ3) is 5.13. The molecule has 0 fully saturated rings. The molecule has 2 aromatic rings. The highest BCUT2D eigenvalue weighted by Crippen LogP contribution is 2.27. The second kappa shape index (κ2) is 7.58. The van der Waals surface area contributed by atoms with E-state index in [1.54, 1.807) is 61.6 Å². The van der Waals surface area contributed by atoms with Crippen molar-refractivity contribution in [1.29, 1.82) is 0 Å². The summed E-state index contributed by atoms with van der Waals surface area (Å²) in [6.07, 6.45) is 0.884. The van der Waals surface area contributed by atoms with E-state index >= 15 is 0 Å². The zero-order valence-corrected chi connectivity index (χ0v) is 18.3. The van der Waals surface area contributed by atoms with Gasteiger partial charge in [0.25, 0.3) is 0 Å². The first-order valence-corrected chi connectivity index (χ1v) is 9.31. The van der Waals surface area contributed by atoms with E-state index in [0.29, 0.717) is 11.3 Å². The van der Waals surface area contributed by atoms with Crippen LogP contribution in [0.4, 0.5) is 4.79 Å². The largest absolute Gasteiger partial charge is 0.456 e. The van der Waals surface area contributed by atoms with Crippen LogP contribution in [-0.2, 0) is 9.47 Å². The van der Waals surface area contributed by atoms with Gasteiger partial charge in [0.15, 0.2) is 10.8 Å². The zero-order chi connectivity index (χ0) is 21.4. The molecule has 2 aromatic heterocycles. The van der Waals surface area contributed by atoms with Crippen LogP contribution in [0, 0.1) is 0 Å². The molecule has 0 radical (unpaired) electrons. The maximum Gasteiger partial charge on any atom is 0.410 e. The van der Waals surface area contributed by atoms with Gasteiger partial charge in [0, 0.05) is 19.3 Å². The van der Waals surface area contributed by atoms with Gasteiger partial charge in [-0.15, -0.1) is 0 Å². The van der Waals surface area contributed by atoms with Crippen molar-refractivity contribution < 1.29 is 19.1 Å². The molecule has 9 heteroatoms. The van der Waals surface area contributed by atoms with Crippen molar-refractivity contribution in [2.45, 2.75) is 65.7 Å². The van der Waals surface area contributed by atoms with Crippen LogP contribution in [0.2, 0.25) is 5.15 Å². The molecule has 0 aliphatic heterocycles. The molecule has 0 bridgehead atoms. The first-order chi connectivity index (χ1) is 12.7. The fraction of sp³-hybridized carbons (Fsp3) is 0.579. The average Bonchev–Trinajstić information content (AvgIpc) is 2.89. The van der Waals surface area contributed by atoms with Crippen molar-refractivity contribution in [1.82, 2.24) is 19.5 Å². The van der Waals surface area contributed by atoms with Gasteiger partial charge in [-0.2, -0.15) is 5.10 Å². The minimum atomic E-state index is -0.689. The van der Waals surface area contributed by atoms with Gasteiger partial charge in [0.1, 0.15) is 16.8 Å². The van der Waals surface area contributed by atoms with Crippen LogP contribution in [0.25, 0.3) is 5.65 Å². The third-order valence-corrected chi connectivity index (χ3v) is 3.95. The molecular formula is C19H27ClN4O4. The number of halogens is 1. The SMILES string of the molecule is CC(c1c(C(=O)OC(C)(C)C)cnc2cc(Cl)nn12)N(C)C(=O)OC(C)(C)C. The van der Waals surface area contributed by atoms with Crippen molar-refractivity contribution in [3.05, 3.63) is 28.7 Å². The lowest BCUT2D eigenvalue weighted by molar-refractivity contribution is 0.00571. The summed E-state index contributed by atoms with van der Waals surface area (Å²) in [5.74, 6) is -0.562. The molecule has 1 amide bonds. The van der Waals surface area contributed by atoms with Gasteiger partial charge in [-0.05, 0) is 48.5 Å². The normalized spacial score (nSPS) is 13.3. The molecule has 0 spiro atoms. The molecule has 1 atom stereocenters. The van der Waals surface area contributed by atoms with Crippen molar-refractivity contribution in [2.75, 3.05) is 7.05 Å². The number of amides is 1. The fourth-order valence-corrected chi connectivity index (χ4v) is 2.66. The Morgan fingerprint density at radius 2 is 1.71 bits per heavy atom. The quantitative estimate of drug-likeness (QED) is 0.702. The number of esters is 1. The summed E-state index contributed by atoms with van der Waals surface area (Å²) in [5.41, 5.74) is -0.256. The Morgan fingerprint density at radius 3 is 2.25 bits per heavy atom. The number of aromatic nitrogens is 3. The number of fused-ring (bicyclic) bond motifs is 1. The molecule has 2 heterocycles. The highest BCUT2D eigenvalue weighted by atomic mass is 35.5. The average molecular weight is 411 g/mol. The van der Waals surface area contributed by atoms with Gasteiger partial charge >= 0.3 is 12.1 Å². The molecule has 0 aliphatic rings. The number of hydrogen-bond acceptors (Lipinski definition) is 6. The standard InChI is InChI=1S/C19H27ClN4O4/c1-11(23(8)17(26)28-19(5,6)7)15-12(16(25)27-18(2,3)4)10-21-14-9-13(20)22-24(14)15/h9-11H,1-8H3. The van der Waals surface area contributed by atoms with E-state index in [1.165, 1.54) is 15.6 Å². The molecule has 8 nitrogen and oxygen atoms in total. The van der Waals surface area contributed by atoms with E-state index in [4.69, 9.17) is 21.1 Å². The van der Waals surface area contributed by atoms with Crippen LogP contribution < -0.4 is 0 Å². The van der Waals surface area contributed by atoms with Crippen LogP contribution in [0.3, 0.4) is 0 Å². The van der Waals surface area contributed by atoms with Crippen molar-refractivity contribution in [2.24, 2.45) is 0 Å². The number of ether oxygens (including phenoxy) is 2. The Bertz CT molecular complexity index is 896. The molecule has 1 unspecified atom stereocenters. The lowest BCUT2D eigenvalue weighted by Gasteiger charge is -2.30. The highest BCUT2D eigenvalue weighted by molar-refractivity contribution is 6.29. The Morgan fingerprint density at radius 1 is 1.14 bits per heavy atom. The topological polar surface area (TPSA) is 86.0 Å². The lowest BCUT2D eigenvalue weighted by Crippen LogP contribution is -2.37. The number of hydrogen-bond donors (Lipinski definition) is 0. The molecule has 2 rings (SSSR count). The van der Waals surface area contributed by atoms with E-state index in [0.717, 1.165) is 0 Å². The summed E-state index contributed by atoms with van der Waals surface area (Å²) in [7, 11) is 1.59. The van der Waals surface area contributed by atoms with Crippen molar-refractivity contribution in [3.8, 4) is 0 Å². The minimum Gasteiger partial charge on any atom is -0.456 e. The minimum absolute atomic E-state index is 0.199. The van der Waals surface area contributed by atoms with Crippen LogP contribution >= 0.6 is 11.6 Å². The van der Waals surface area contributed by atoms with Crippen LogP contribution in [-0.4, -0.2) is 49.8 Å². The number of carbonyl (C=O) groups is 2. The first kappa shape index (κ1) is 21.9. The Kier molecular flexibility index (Phi) is 5.94. The fourth-order valence-electron chi connectivity index (χ4n) is 2.49. The summed E-state index contributed by atoms with van der Waals surface area (Å²) >= 11 is 6.03. The van der Waals surface area contributed by atoms with Crippen molar-refractivity contribution >= 4 is 29.3 Å². The van der Waals surface area contributed by atoms with Crippen LogP contribution in [0.5, 0.6) is 0 Å². The predicted molar refractivity (Wildman–Crippen MR) is 106 cm³/mol. The maximum absolute atomic E-state index is 12.8. The Balaban J connectivity index is 2.54. The summed E-state index contributed by atoms with van der Waals surface area (Å²) in [4.78, 5) is 31.0. The van der Waals surface area contributed by atoms with Gasteiger partial charge in [0.05, 0.1) is 11.7 Å². The summed E-state index contributed by atoms with van der Waals surface area (Å²) in [6, 6.07) is 1.00. The van der Waals surface area contributed by atoms with Crippen LogP contribution in [0.15, 0.2) is 12.3 Å². The highest BCUT2D eigenvalue weighted by Gasteiger charge is 2.31. The smallest absolute Gasteiger partial charge is 0.410 e. The summed E-state index contributed by atoms with van der Waals surface area (Å²) < 4.78 is 12.4. The van der Waals surface area contributed by atoms with E-state index in [1.807, 2.05) is 0 Å². The van der Waals surface area contributed by atoms with Gasteiger partial charge < -0.3 is 14.4 Å². The van der Waals surface area contributed by atoms with Gasteiger partial charge in [-0.3, -0.25) is 0 Å². The van der Waals surface area contributed by atoms with E-state index in [9.17, 15) is 9.59 Å². The third-order valence-electron chi connectivity index (χ3n) is 3.77. The second-order valence-corrected chi connectivity index (χ2v) is 8.95. The van der Waals surface area contributed by atoms with E-state index in [2.05, 4.69) is 10.1 Å². The van der Waals surface area contributed by atoms with Crippen LogP contribution in [0.1, 0.15) is 70.6 Å². The van der Waals surface area contributed by atoms with Gasteiger partial charge in [-0.1, -0.05) is 11.6 Å². The van der Waals surface area contributed by atoms with Crippen molar-refractivity contribution in [3.63, 3.8) is 0 Å². The molecule has 0 aliphatic carbocycles. The summed E-state index contributed by atoms with van der Waals surface area (Å²) in [6.45, 7) is 12.4. The molecule has 28 heavy (non-hydrogen) atoms. The second-order valence-electron chi connectivity index (χ2n) is 8.56. The number of nitrogens with zero attached hydrogens (tertiary/aromatic N) is 4. The Labute approximate surface area is 169 Å².